The summed E-state index contributed by atoms with van der Waals surface area (Å²) in [7, 11) is 1.70. The van der Waals surface area contributed by atoms with Gasteiger partial charge in [0.15, 0.2) is 5.96 Å². The zero-order valence-corrected chi connectivity index (χ0v) is 19.8. The maximum absolute atomic E-state index is 12.6. The Morgan fingerprint density at radius 1 is 1.33 bits per heavy atom. The molecule has 0 aromatic heterocycles. The summed E-state index contributed by atoms with van der Waals surface area (Å²) < 4.78 is 30.5. The minimum atomic E-state index is -2.85. The number of guanidine groups is 1. The van der Waals surface area contributed by atoms with E-state index in [0.717, 1.165) is 30.4 Å². The molecule has 1 aliphatic rings. The molecule has 0 bridgehead atoms. The summed E-state index contributed by atoms with van der Waals surface area (Å²) >= 11 is 3.36. The van der Waals surface area contributed by atoms with Gasteiger partial charge in [0.1, 0.15) is 5.75 Å². The normalized spacial score (nSPS) is 16.4. The number of nitrogens with zero attached hydrogens (tertiary/aromatic N) is 2. The van der Waals surface area contributed by atoms with E-state index in [9.17, 15) is 8.78 Å². The maximum Gasteiger partial charge on any atom is 0.387 e. The van der Waals surface area contributed by atoms with Crippen LogP contribution in [0.15, 0.2) is 27.7 Å². The van der Waals surface area contributed by atoms with Gasteiger partial charge >= 0.3 is 6.61 Å². The molecule has 0 spiro atoms. The zero-order valence-electron chi connectivity index (χ0n) is 15.8. The first-order valence-corrected chi connectivity index (χ1v) is 9.62. The second-order valence-electron chi connectivity index (χ2n) is 6.60. The van der Waals surface area contributed by atoms with Crippen LogP contribution in [-0.2, 0) is 6.54 Å². The number of aliphatic imine (C=N–C) groups is 1. The van der Waals surface area contributed by atoms with Crippen LogP contribution < -0.4 is 15.4 Å². The summed E-state index contributed by atoms with van der Waals surface area (Å²) in [5.41, 5.74) is 0.636. The summed E-state index contributed by atoms with van der Waals surface area (Å²) in [6.07, 6.45) is 2.10. The Morgan fingerprint density at radius 3 is 2.56 bits per heavy atom. The zero-order chi connectivity index (χ0) is 19.1. The number of nitrogens with one attached hydrogen (secondary N) is 2. The predicted octanol–water partition coefficient (Wildman–Crippen LogP) is 4.21. The number of hydrogen-bond donors (Lipinski definition) is 2. The van der Waals surface area contributed by atoms with Crippen molar-refractivity contribution in [3.05, 3.63) is 28.2 Å². The number of likely N-dealkylation sites (tertiary alicyclic amines) is 1. The van der Waals surface area contributed by atoms with Crippen LogP contribution in [0.4, 0.5) is 8.78 Å². The van der Waals surface area contributed by atoms with Crippen molar-refractivity contribution in [1.29, 1.82) is 0 Å². The van der Waals surface area contributed by atoms with Crippen LogP contribution in [0.1, 0.15) is 32.3 Å². The van der Waals surface area contributed by atoms with Gasteiger partial charge in [-0.3, -0.25) is 4.99 Å². The maximum atomic E-state index is 12.6. The molecule has 1 saturated heterocycles. The van der Waals surface area contributed by atoms with Gasteiger partial charge < -0.3 is 20.3 Å². The lowest BCUT2D eigenvalue weighted by Crippen LogP contribution is -2.49. The van der Waals surface area contributed by atoms with Crippen LogP contribution in [0, 0.1) is 0 Å². The molecule has 0 saturated carbocycles. The minimum Gasteiger partial charge on any atom is -0.434 e. The highest BCUT2D eigenvalue weighted by Gasteiger charge is 2.21. The topological polar surface area (TPSA) is 48.9 Å². The molecule has 0 atom stereocenters. The van der Waals surface area contributed by atoms with Crippen molar-refractivity contribution >= 4 is 45.9 Å². The van der Waals surface area contributed by atoms with Crippen molar-refractivity contribution in [3.63, 3.8) is 0 Å². The Bertz CT molecular complexity index is 611. The number of halogens is 4. The van der Waals surface area contributed by atoms with E-state index in [0.29, 0.717) is 30.2 Å². The van der Waals surface area contributed by atoms with Crippen molar-refractivity contribution in [2.75, 3.05) is 20.1 Å². The second kappa shape index (κ2) is 12.0. The number of piperidine rings is 1. The number of rotatable bonds is 6. The van der Waals surface area contributed by atoms with Crippen LogP contribution in [0.3, 0.4) is 0 Å². The van der Waals surface area contributed by atoms with Gasteiger partial charge in [-0.2, -0.15) is 8.78 Å². The monoisotopic (exact) mass is 560 g/mol. The Kier molecular flexibility index (Phi) is 10.8. The van der Waals surface area contributed by atoms with Gasteiger partial charge in [0.25, 0.3) is 0 Å². The van der Waals surface area contributed by atoms with Gasteiger partial charge in [-0.15, -0.1) is 24.0 Å². The highest BCUT2D eigenvalue weighted by atomic mass is 127. The van der Waals surface area contributed by atoms with E-state index >= 15 is 0 Å². The number of benzene rings is 1. The minimum absolute atomic E-state index is 0. The van der Waals surface area contributed by atoms with E-state index < -0.39 is 6.61 Å². The third-order valence-corrected chi connectivity index (χ3v) is 5.00. The SMILES string of the molecule is CN=C(NCc1cc(Br)ccc1OC(F)F)NC1CCN(C(C)C)CC1.I. The lowest BCUT2D eigenvalue weighted by atomic mass is 10.0. The summed E-state index contributed by atoms with van der Waals surface area (Å²) in [6.45, 7) is 4.04. The van der Waals surface area contributed by atoms with Gasteiger partial charge in [-0.1, -0.05) is 15.9 Å². The van der Waals surface area contributed by atoms with Crippen molar-refractivity contribution in [2.45, 2.75) is 51.9 Å². The van der Waals surface area contributed by atoms with E-state index in [1.165, 1.54) is 6.07 Å². The van der Waals surface area contributed by atoms with Gasteiger partial charge in [-0.25, -0.2) is 0 Å². The molecule has 1 fully saturated rings. The largest absolute Gasteiger partial charge is 0.434 e. The number of hydrogen-bond acceptors (Lipinski definition) is 3. The lowest BCUT2D eigenvalue weighted by Gasteiger charge is -2.35. The molecule has 0 unspecified atom stereocenters. The van der Waals surface area contributed by atoms with Crippen LogP contribution >= 0.6 is 39.9 Å². The fourth-order valence-corrected chi connectivity index (χ4v) is 3.43. The molecular formula is C18H28BrF2IN4O. The second-order valence-corrected chi connectivity index (χ2v) is 7.52. The van der Waals surface area contributed by atoms with Crippen LogP contribution in [0.2, 0.25) is 0 Å². The molecule has 5 nitrogen and oxygen atoms in total. The van der Waals surface area contributed by atoms with Gasteiger partial charge in [0.2, 0.25) is 0 Å². The smallest absolute Gasteiger partial charge is 0.387 e. The summed E-state index contributed by atoms with van der Waals surface area (Å²) in [5, 5.41) is 6.61. The standard InChI is InChI=1S/C18H27BrF2N4O.HI/c1-12(2)25-8-6-15(7-9-25)24-18(22-3)23-11-13-10-14(19)4-5-16(13)26-17(20)21;/h4-5,10,12,15,17H,6-9,11H2,1-3H3,(H2,22,23,24);1H. The average Bonchev–Trinajstić information content (AvgIpc) is 2.60. The third kappa shape index (κ3) is 8.06. The van der Waals surface area contributed by atoms with Crippen LogP contribution in [-0.4, -0.2) is 49.7 Å². The Labute approximate surface area is 185 Å². The van der Waals surface area contributed by atoms with E-state index in [1.54, 1.807) is 19.2 Å². The molecule has 0 radical (unpaired) electrons. The first-order chi connectivity index (χ1) is 12.4. The Morgan fingerprint density at radius 2 is 2.00 bits per heavy atom. The van der Waals surface area contributed by atoms with Crippen molar-refractivity contribution in [3.8, 4) is 5.75 Å². The molecule has 0 amide bonds. The van der Waals surface area contributed by atoms with E-state index in [1.807, 2.05) is 0 Å². The molecule has 0 aliphatic carbocycles. The summed E-state index contributed by atoms with van der Waals surface area (Å²) in [5.74, 6) is 0.826. The molecule has 1 aromatic carbocycles. The fourth-order valence-electron chi connectivity index (χ4n) is 3.02. The summed E-state index contributed by atoms with van der Waals surface area (Å²) in [6, 6.07) is 5.90. The van der Waals surface area contributed by atoms with Crippen molar-refractivity contribution < 1.29 is 13.5 Å². The molecule has 2 rings (SSSR count). The molecular weight excluding hydrogens is 533 g/mol. The molecule has 1 heterocycles. The molecule has 2 N–H and O–H groups in total. The Balaban J connectivity index is 0.00000364. The molecule has 1 aromatic rings. The number of alkyl halides is 2. The van der Waals surface area contributed by atoms with Gasteiger partial charge in [-0.05, 0) is 44.9 Å². The molecule has 154 valence electrons. The van der Waals surface area contributed by atoms with E-state index in [2.05, 4.69) is 55.0 Å². The lowest BCUT2D eigenvalue weighted by molar-refractivity contribution is -0.0504. The van der Waals surface area contributed by atoms with Gasteiger partial charge in [0, 0.05) is 48.8 Å². The van der Waals surface area contributed by atoms with Gasteiger partial charge in [0.05, 0.1) is 0 Å². The Hall–Kier alpha value is -0.680. The third-order valence-electron chi connectivity index (χ3n) is 4.51. The quantitative estimate of drug-likeness (QED) is 0.311. The molecule has 9 heteroatoms. The van der Waals surface area contributed by atoms with Crippen molar-refractivity contribution in [2.24, 2.45) is 4.99 Å². The first kappa shape index (κ1) is 24.4. The van der Waals surface area contributed by atoms with Crippen molar-refractivity contribution in [1.82, 2.24) is 15.5 Å². The molecule has 27 heavy (non-hydrogen) atoms. The van der Waals surface area contributed by atoms with E-state index in [4.69, 9.17) is 0 Å². The average molecular weight is 561 g/mol. The molecule has 1 aliphatic heterocycles. The first-order valence-electron chi connectivity index (χ1n) is 8.83. The fraction of sp³-hybridized carbons (Fsp3) is 0.611. The van der Waals surface area contributed by atoms with Crippen LogP contribution in [0.25, 0.3) is 0 Å². The number of ether oxygens (including phenoxy) is 1. The predicted molar refractivity (Wildman–Crippen MR) is 119 cm³/mol. The van der Waals surface area contributed by atoms with Crippen LogP contribution in [0.5, 0.6) is 5.75 Å². The highest BCUT2D eigenvalue weighted by Crippen LogP contribution is 2.24. The summed E-state index contributed by atoms with van der Waals surface area (Å²) in [4.78, 5) is 6.71. The highest BCUT2D eigenvalue weighted by molar-refractivity contribution is 14.0. The van der Waals surface area contributed by atoms with E-state index in [-0.39, 0.29) is 29.7 Å².